The molecule has 5 nitrogen and oxygen atoms in total. The van der Waals surface area contributed by atoms with Crippen molar-refractivity contribution in [1.82, 2.24) is 9.78 Å². The fourth-order valence-corrected chi connectivity index (χ4v) is 2.46. The lowest BCUT2D eigenvalue weighted by Gasteiger charge is -2.11. The number of carboxylic acid groups (broad SMARTS) is 1. The molecule has 0 aliphatic carbocycles. The predicted octanol–water partition coefficient (Wildman–Crippen LogP) is 3.08. The molecule has 0 aliphatic heterocycles. The van der Waals surface area contributed by atoms with E-state index in [2.05, 4.69) is 10.1 Å². The Balaban J connectivity index is 2.13. The lowest BCUT2D eigenvalue weighted by molar-refractivity contribution is -0.138. The molecule has 0 fully saturated rings. The summed E-state index contributed by atoms with van der Waals surface area (Å²) in [6, 6.07) is 19.8. The van der Waals surface area contributed by atoms with E-state index in [1.165, 1.54) is 0 Å². The van der Waals surface area contributed by atoms with Crippen molar-refractivity contribution < 1.29 is 9.90 Å². The molecule has 1 aromatic heterocycles. The van der Waals surface area contributed by atoms with Crippen LogP contribution in [0.15, 0.2) is 77.9 Å². The van der Waals surface area contributed by atoms with Gasteiger partial charge in [0.15, 0.2) is 6.04 Å². The number of carboxylic acids is 1. The first-order valence-corrected chi connectivity index (χ1v) is 7.56. The first kappa shape index (κ1) is 15.7. The van der Waals surface area contributed by atoms with Crippen LogP contribution >= 0.6 is 0 Å². The van der Waals surface area contributed by atoms with E-state index >= 15 is 0 Å². The van der Waals surface area contributed by atoms with Gasteiger partial charge in [0.05, 0.1) is 11.4 Å². The highest BCUT2D eigenvalue weighted by molar-refractivity contribution is 6.13. The Labute approximate surface area is 139 Å². The zero-order chi connectivity index (χ0) is 16.9. The minimum atomic E-state index is -1.05. The second kappa shape index (κ2) is 6.91. The van der Waals surface area contributed by atoms with Gasteiger partial charge in [0.2, 0.25) is 0 Å². The average Bonchev–Trinajstić information content (AvgIpc) is 3.03. The first-order chi connectivity index (χ1) is 11.6. The van der Waals surface area contributed by atoms with Gasteiger partial charge in [-0.05, 0) is 6.07 Å². The van der Waals surface area contributed by atoms with Gasteiger partial charge in [-0.1, -0.05) is 60.7 Å². The zero-order valence-corrected chi connectivity index (χ0v) is 13.2. The fourth-order valence-electron chi connectivity index (χ4n) is 2.46. The molecule has 0 radical (unpaired) electrons. The lowest BCUT2D eigenvalue weighted by Crippen LogP contribution is -2.14. The highest BCUT2D eigenvalue weighted by atomic mass is 16.4. The maximum absolute atomic E-state index is 11.8. The summed E-state index contributed by atoms with van der Waals surface area (Å²) in [5, 5.41) is 13.8. The van der Waals surface area contributed by atoms with Gasteiger partial charge in [0.1, 0.15) is 0 Å². The van der Waals surface area contributed by atoms with Crippen LogP contribution in [0.3, 0.4) is 0 Å². The van der Waals surface area contributed by atoms with Crippen LogP contribution in [0, 0.1) is 0 Å². The standard InChI is InChI=1S/C19H17N3O2/c1-22-13-12-16(21-22)18(19(23)24)20-17(14-8-4-2-5-9-14)15-10-6-3-7-11-15/h2-13,18H,1H3,(H,23,24). The van der Waals surface area contributed by atoms with Crippen molar-refractivity contribution in [2.24, 2.45) is 12.0 Å². The second-order valence-corrected chi connectivity index (χ2v) is 5.36. The van der Waals surface area contributed by atoms with E-state index in [4.69, 9.17) is 0 Å². The Morgan fingerprint density at radius 3 is 1.96 bits per heavy atom. The summed E-state index contributed by atoms with van der Waals surface area (Å²) in [5.41, 5.74) is 2.78. The number of carbonyl (C=O) groups is 1. The molecule has 24 heavy (non-hydrogen) atoms. The highest BCUT2D eigenvalue weighted by Gasteiger charge is 2.23. The topological polar surface area (TPSA) is 67.5 Å². The first-order valence-electron chi connectivity index (χ1n) is 7.56. The Bertz CT molecular complexity index is 813. The number of hydrogen-bond donors (Lipinski definition) is 1. The Morgan fingerprint density at radius 1 is 1.00 bits per heavy atom. The van der Waals surface area contributed by atoms with Gasteiger partial charge in [-0.2, -0.15) is 5.10 Å². The van der Waals surface area contributed by atoms with Crippen LogP contribution in [0.25, 0.3) is 0 Å². The van der Waals surface area contributed by atoms with Gasteiger partial charge in [-0.25, -0.2) is 4.79 Å². The molecule has 0 aliphatic rings. The number of aromatic nitrogens is 2. The normalized spacial score (nSPS) is 11.7. The molecule has 1 unspecified atom stereocenters. The molecular formula is C19H17N3O2. The van der Waals surface area contributed by atoms with Crippen molar-refractivity contribution in [1.29, 1.82) is 0 Å². The molecule has 1 N–H and O–H groups in total. The molecule has 0 saturated heterocycles. The van der Waals surface area contributed by atoms with Crippen LogP contribution in [-0.4, -0.2) is 26.6 Å². The third-order valence-electron chi connectivity index (χ3n) is 3.60. The number of rotatable bonds is 5. The Kier molecular flexibility index (Phi) is 4.52. The number of hydrogen-bond acceptors (Lipinski definition) is 3. The number of aryl methyl sites for hydroxylation is 1. The number of aliphatic imine (C=N–C) groups is 1. The summed E-state index contributed by atoms with van der Waals surface area (Å²) in [5.74, 6) is -1.03. The summed E-state index contributed by atoms with van der Waals surface area (Å²) in [4.78, 5) is 16.3. The molecule has 0 amide bonds. The molecule has 0 saturated carbocycles. The lowest BCUT2D eigenvalue weighted by atomic mass is 10.0. The van der Waals surface area contributed by atoms with Crippen LogP contribution in [0.1, 0.15) is 22.9 Å². The zero-order valence-electron chi connectivity index (χ0n) is 13.2. The monoisotopic (exact) mass is 319 g/mol. The van der Waals surface area contributed by atoms with Crippen molar-refractivity contribution in [3.63, 3.8) is 0 Å². The van der Waals surface area contributed by atoms with Crippen molar-refractivity contribution >= 4 is 11.7 Å². The number of benzene rings is 2. The van der Waals surface area contributed by atoms with Gasteiger partial charge < -0.3 is 5.11 Å². The summed E-state index contributed by atoms with van der Waals surface area (Å²) >= 11 is 0. The van der Waals surface area contributed by atoms with E-state index in [1.54, 1.807) is 24.0 Å². The third-order valence-corrected chi connectivity index (χ3v) is 3.60. The van der Waals surface area contributed by atoms with Crippen LogP contribution in [0.2, 0.25) is 0 Å². The molecule has 120 valence electrons. The Morgan fingerprint density at radius 2 is 1.54 bits per heavy atom. The predicted molar refractivity (Wildman–Crippen MR) is 92.1 cm³/mol. The van der Waals surface area contributed by atoms with Gasteiger partial charge in [-0.3, -0.25) is 9.67 Å². The minimum Gasteiger partial charge on any atom is -0.479 e. The van der Waals surface area contributed by atoms with Crippen LogP contribution in [0.5, 0.6) is 0 Å². The van der Waals surface area contributed by atoms with E-state index in [-0.39, 0.29) is 0 Å². The van der Waals surface area contributed by atoms with E-state index < -0.39 is 12.0 Å². The number of aliphatic carboxylic acids is 1. The van der Waals surface area contributed by atoms with Gasteiger partial charge in [0.25, 0.3) is 0 Å². The third kappa shape index (κ3) is 3.41. The SMILES string of the molecule is Cn1ccc(C(N=C(c2ccccc2)c2ccccc2)C(=O)O)n1. The van der Waals surface area contributed by atoms with Crippen molar-refractivity contribution in [2.45, 2.75) is 6.04 Å². The van der Waals surface area contributed by atoms with Crippen molar-refractivity contribution in [2.75, 3.05) is 0 Å². The largest absolute Gasteiger partial charge is 0.479 e. The highest BCUT2D eigenvalue weighted by Crippen LogP contribution is 2.20. The molecule has 3 aromatic rings. The van der Waals surface area contributed by atoms with Crippen molar-refractivity contribution in [3.8, 4) is 0 Å². The smallest absolute Gasteiger partial charge is 0.334 e. The molecule has 0 spiro atoms. The average molecular weight is 319 g/mol. The summed E-state index contributed by atoms with van der Waals surface area (Å²) in [7, 11) is 1.75. The summed E-state index contributed by atoms with van der Waals surface area (Å²) in [6.45, 7) is 0. The summed E-state index contributed by atoms with van der Waals surface area (Å²) in [6.07, 6.45) is 1.71. The maximum Gasteiger partial charge on any atom is 0.334 e. The van der Waals surface area contributed by atoms with Gasteiger partial charge in [0, 0.05) is 24.4 Å². The van der Waals surface area contributed by atoms with Gasteiger partial charge in [-0.15, -0.1) is 0 Å². The molecule has 1 atom stereocenters. The molecular weight excluding hydrogens is 302 g/mol. The van der Waals surface area contributed by atoms with Crippen molar-refractivity contribution in [3.05, 3.63) is 89.7 Å². The molecule has 0 bridgehead atoms. The maximum atomic E-state index is 11.8. The second-order valence-electron chi connectivity index (χ2n) is 5.36. The minimum absolute atomic E-state index is 0.411. The van der Waals surface area contributed by atoms with E-state index in [9.17, 15) is 9.90 Å². The quantitative estimate of drug-likeness (QED) is 0.735. The molecule has 5 heteroatoms. The Hall–Kier alpha value is -3.21. The van der Waals surface area contributed by atoms with E-state index in [1.807, 2.05) is 60.7 Å². The van der Waals surface area contributed by atoms with Gasteiger partial charge >= 0.3 is 5.97 Å². The van der Waals surface area contributed by atoms with Crippen LogP contribution < -0.4 is 0 Å². The number of nitrogens with zero attached hydrogens (tertiary/aromatic N) is 3. The van der Waals surface area contributed by atoms with E-state index in [0.717, 1.165) is 11.1 Å². The van der Waals surface area contributed by atoms with E-state index in [0.29, 0.717) is 11.4 Å². The molecule has 3 rings (SSSR count). The van der Waals surface area contributed by atoms with Crippen LogP contribution in [0.4, 0.5) is 0 Å². The van der Waals surface area contributed by atoms with Crippen LogP contribution in [-0.2, 0) is 11.8 Å². The molecule has 2 aromatic carbocycles. The summed E-state index contributed by atoms with van der Waals surface area (Å²) < 4.78 is 1.57. The molecule has 1 heterocycles. The fraction of sp³-hybridized carbons (Fsp3) is 0.105.